The smallest absolute Gasteiger partial charge is 0.316 e. The molecule has 3 nitrogen and oxygen atoms in total. The number of rotatable bonds is 7. The minimum atomic E-state index is -0.755. The zero-order chi connectivity index (χ0) is 12.7. The van der Waals surface area contributed by atoms with Gasteiger partial charge in [-0.3, -0.25) is 4.79 Å². The van der Waals surface area contributed by atoms with Gasteiger partial charge in [0.25, 0.3) is 0 Å². The number of benzene rings is 1. The molecule has 1 aromatic rings. The lowest BCUT2D eigenvalue weighted by Crippen LogP contribution is -2.12. The summed E-state index contributed by atoms with van der Waals surface area (Å²) in [5.41, 5.74) is 1.18. The van der Waals surface area contributed by atoms with Gasteiger partial charge >= 0.3 is 5.97 Å². The Labute approximate surface area is 106 Å². The van der Waals surface area contributed by atoms with Crippen LogP contribution in [0.3, 0.4) is 0 Å². The summed E-state index contributed by atoms with van der Waals surface area (Å²) in [5, 5.41) is 8.36. The van der Waals surface area contributed by atoms with Crippen molar-refractivity contribution in [1.29, 1.82) is 0 Å². The topological polar surface area (TPSA) is 46.5 Å². The van der Waals surface area contributed by atoms with Crippen molar-refractivity contribution in [2.75, 3.05) is 12.4 Å². The van der Waals surface area contributed by atoms with E-state index in [1.807, 2.05) is 31.2 Å². The summed E-state index contributed by atoms with van der Waals surface area (Å²) in [7, 11) is 0. The SMILES string of the molecule is Cc1cccc(OCCCSC(C)C(=O)O)c1. The van der Waals surface area contributed by atoms with E-state index in [0.29, 0.717) is 6.61 Å². The molecule has 0 amide bonds. The molecule has 1 aromatic carbocycles. The second-order valence-corrected chi connectivity index (χ2v) is 5.32. The molecule has 4 heteroatoms. The number of carboxylic acid groups (broad SMARTS) is 1. The Balaban J connectivity index is 2.14. The summed E-state index contributed by atoms with van der Waals surface area (Å²) >= 11 is 1.44. The molecule has 0 heterocycles. The molecule has 0 radical (unpaired) electrons. The maximum atomic E-state index is 10.6. The number of carbonyl (C=O) groups is 1. The highest BCUT2D eigenvalue weighted by Gasteiger charge is 2.09. The molecule has 0 aliphatic carbocycles. The highest BCUT2D eigenvalue weighted by atomic mass is 32.2. The van der Waals surface area contributed by atoms with Crippen molar-refractivity contribution in [1.82, 2.24) is 0 Å². The molecule has 1 unspecified atom stereocenters. The molecule has 0 aliphatic heterocycles. The minimum Gasteiger partial charge on any atom is -0.494 e. The highest BCUT2D eigenvalue weighted by molar-refractivity contribution is 8.00. The first-order chi connectivity index (χ1) is 8.09. The maximum Gasteiger partial charge on any atom is 0.316 e. The Bertz CT molecular complexity index is 365. The molecule has 0 spiro atoms. The van der Waals surface area contributed by atoms with Crippen LogP contribution in [-0.2, 0) is 4.79 Å². The van der Waals surface area contributed by atoms with Crippen LogP contribution in [0.2, 0.25) is 0 Å². The molecule has 0 saturated carbocycles. The van der Waals surface area contributed by atoms with Crippen LogP contribution < -0.4 is 4.74 Å². The number of thioether (sulfide) groups is 1. The van der Waals surface area contributed by atoms with Crippen molar-refractivity contribution in [2.45, 2.75) is 25.5 Å². The number of carboxylic acids is 1. The van der Waals surface area contributed by atoms with Gasteiger partial charge in [-0.05, 0) is 43.7 Å². The molecular weight excluding hydrogens is 236 g/mol. The molecule has 0 fully saturated rings. The molecule has 0 aromatic heterocycles. The fraction of sp³-hybridized carbons (Fsp3) is 0.462. The third-order valence-corrected chi connectivity index (χ3v) is 3.49. The summed E-state index contributed by atoms with van der Waals surface area (Å²) in [5.74, 6) is 0.926. The van der Waals surface area contributed by atoms with Crippen molar-refractivity contribution < 1.29 is 14.6 Å². The van der Waals surface area contributed by atoms with E-state index >= 15 is 0 Å². The number of aryl methyl sites for hydroxylation is 1. The summed E-state index contributed by atoms with van der Waals surface area (Å²) in [4.78, 5) is 10.6. The van der Waals surface area contributed by atoms with Gasteiger partial charge in [0, 0.05) is 0 Å². The lowest BCUT2D eigenvalue weighted by molar-refractivity contribution is -0.136. The molecule has 0 aliphatic rings. The number of hydrogen-bond donors (Lipinski definition) is 1. The first-order valence-electron chi connectivity index (χ1n) is 5.63. The summed E-state index contributed by atoms with van der Waals surface area (Å²) < 4.78 is 5.57. The zero-order valence-corrected chi connectivity index (χ0v) is 11.0. The van der Waals surface area contributed by atoms with Gasteiger partial charge in [-0.1, -0.05) is 12.1 Å². The Hall–Kier alpha value is -1.16. The third-order valence-electron chi connectivity index (χ3n) is 2.26. The Morgan fingerprint density at radius 1 is 1.53 bits per heavy atom. The van der Waals surface area contributed by atoms with E-state index in [0.717, 1.165) is 17.9 Å². The number of aliphatic carboxylic acids is 1. The molecule has 0 bridgehead atoms. The molecular formula is C13H18O3S. The van der Waals surface area contributed by atoms with E-state index in [9.17, 15) is 4.79 Å². The largest absolute Gasteiger partial charge is 0.494 e. The quantitative estimate of drug-likeness (QED) is 0.760. The van der Waals surface area contributed by atoms with Crippen molar-refractivity contribution in [3.8, 4) is 5.75 Å². The highest BCUT2D eigenvalue weighted by Crippen LogP contribution is 2.14. The molecule has 1 rings (SSSR count). The van der Waals surface area contributed by atoms with E-state index in [1.165, 1.54) is 17.3 Å². The number of hydrogen-bond acceptors (Lipinski definition) is 3. The fourth-order valence-corrected chi connectivity index (χ4v) is 2.07. The molecule has 1 N–H and O–H groups in total. The lowest BCUT2D eigenvalue weighted by atomic mass is 10.2. The first-order valence-corrected chi connectivity index (χ1v) is 6.68. The minimum absolute atomic E-state index is 0.339. The van der Waals surface area contributed by atoms with Crippen LogP contribution in [0.25, 0.3) is 0 Å². The second-order valence-electron chi connectivity index (χ2n) is 3.87. The van der Waals surface area contributed by atoms with Gasteiger partial charge in [0.1, 0.15) is 5.75 Å². The van der Waals surface area contributed by atoms with Gasteiger partial charge in [-0.2, -0.15) is 0 Å². The third kappa shape index (κ3) is 5.63. The Kier molecular flexibility index (Phi) is 5.91. The maximum absolute atomic E-state index is 10.6. The van der Waals surface area contributed by atoms with Gasteiger partial charge in [0.2, 0.25) is 0 Å². The second kappa shape index (κ2) is 7.22. The fourth-order valence-electron chi connectivity index (χ4n) is 1.29. The van der Waals surface area contributed by atoms with Gasteiger partial charge < -0.3 is 9.84 Å². The molecule has 0 saturated heterocycles. The predicted octanol–water partition coefficient (Wildman–Crippen LogP) is 2.97. The van der Waals surface area contributed by atoms with E-state index in [4.69, 9.17) is 9.84 Å². The van der Waals surface area contributed by atoms with Crippen LogP contribution in [0.5, 0.6) is 5.75 Å². The van der Waals surface area contributed by atoms with Crippen molar-refractivity contribution >= 4 is 17.7 Å². The van der Waals surface area contributed by atoms with Crippen molar-refractivity contribution in [3.63, 3.8) is 0 Å². The molecule has 17 heavy (non-hydrogen) atoms. The van der Waals surface area contributed by atoms with Crippen molar-refractivity contribution in [3.05, 3.63) is 29.8 Å². The Morgan fingerprint density at radius 3 is 2.94 bits per heavy atom. The first kappa shape index (κ1) is 13.9. The van der Waals surface area contributed by atoms with Crippen LogP contribution in [0.4, 0.5) is 0 Å². The predicted molar refractivity (Wildman–Crippen MR) is 70.8 cm³/mol. The standard InChI is InChI=1S/C13H18O3S/c1-10-5-3-6-12(9-10)16-7-4-8-17-11(2)13(14)15/h3,5-6,9,11H,4,7-8H2,1-2H3,(H,14,15). The van der Waals surface area contributed by atoms with Crippen molar-refractivity contribution in [2.24, 2.45) is 0 Å². The van der Waals surface area contributed by atoms with Crippen LogP contribution >= 0.6 is 11.8 Å². The van der Waals surface area contributed by atoms with Crippen LogP contribution in [0.1, 0.15) is 18.9 Å². The van der Waals surface area contributed by atoms with Gasteiger partial charge in [0.05, 0.1) is 11.9 Å². The normalized spacial score (nSPS) is 12.1. The van der Waals surface area contributed by atoms with E-state index < -0.39 is 5.97 Å². The van der Waals surface area contributed by atoms with E-state index in [1.54, 1.807) is 6.92 Å². The lowest BCUT2D eigenvalue weighted by Gasteiger charge is -2.08. The van der Waals surface area contributed by atoms with Gasteiger partial charge in [-0.25, -0.2) is 0 Å². The average molecular weight is 254 g/mol. The van der Waals surface area contributed by atoms with Gasteiger partial charge in [0.15, 0.2) is 0 Å². The van der Waals surface area contributed by atoms with Crippen LogP contribution in [-0.4, -0.2) is 28.7 Å². The van der Waals surface area contributed by atoms with Crippen LogP contribution in [0, 0.1) is 6.92 Å². The summed E-state index contributed by atoms with van der Waals surface area (Å²) in [6.07, 6.45) is 0.857. The average Bonchev–Trinajstić information content (AvgIpc) is 2.28. The molecule has 94 valence electrons. The monoisotopic (exact) mass is 254 g/mol. The van der Waals surface area contributed by atoms with Crippen LogP contribution in [0.15, 0.2) is 24.3 Å². The van der Waals surface area contributed by atoms with Gasteiger partial charge in [-0.15, -0.1) is 11.8 Å². The Morgan fingerprint density at radius 2 is 2.29 bits per heavy atom. The summed E-state index contributed by atoms with van der Waals surface area (Å²) in [6.45, 7) is 4.36. The number of ether oxygens (including phenoxy) is 1. The molecule has 1 atom stereocenters. The van der Waals surface area contributed by atoms with E-state index in [-0.39, 0.29) is 5.25 Å². The zero-order valence-electron chi connectivity index (χ0n) is 10.2. The van der Waals surface area contributed by atoms with E-state index in [2.05, 4.69) is 0 Å². The summed E-state index contributed by atoms with van der Waals surface area (Å²) in [6, 6.07) is 7.91.